The zero-order chi connectivity index (χ0) is 21.3. The number of imidazole rings is 1. The number of pyridine rings is 1. The number of nitrogens with zero attached hydrogens (tertiary/aromatic N) is 4. The lowest BCUT2D eigenvalue weighted by Gasteiger charge is -2.26. The summed E-state index contributed by atoms with van der Waals surface area (Å²) < 4.78 is 1.46. The van der Waals surface area contributed by atoms with Crippen LogP contribution in [0.2, 0.25) is 5.15 Å². The highest BCUT2D eigenvalue weighted by Crippen LogP contribution is 2.29. The second-order valence-corrected chi connectivity index (χ2v) is 7.85. The molecule has 4 rings (SSSR count). The summed E-state index contributed by atoms with van der Waals surface area (Å²) in [6, 6.07) is 3.31. The zero-order valence-corrected chi connectivity index (χ0v) is 17.4. The van der Waals surface area contributed by atoms with Crippen LogP contribution in [0, 0.1) is 0 Å². The molecule has 1 saturated heterocycles. The second-order valence-electron chi connectivity index (χ2n) is 7.47. The van der Waals surface area contributed by atoms with Gasteiger partial charge in [0.1, 0.15) is 16.5 Å². The minimum atomic E-state index is -0.505. The maximum Gasteiger partial charge on any atom is 0.330 e. The van der Waals surface area contributed by atoms with Crippen molar-refractivity contribution in [1.82, 2.24) is 29.4 Å². The van der Waals surface area contributed by atoms with Crippen LogP contribution in [0.15, 0.2) is 27.9 Å². The number of nitrogens with one attached hydrogen (secondary N) is 2. The molecule has 0 saturated carbocycles. The number of amides is 1. The van der Waals surface area contributed by atoms with Crippen LogP contribution in [0.25, 0.3) is 11.2 Å². The smallest absolute Gasteiger partial charge is 0.330 e. The monoisotopic (exact) mass is 430 g/mol. The van der Waals surface area contributed by atoms with Crippen molar-refractivity contribution in [1.29, 1.82) is 0 Å². The van der Waals surface area contributed by atoms with E-state index in [2.05, 4.69) is 19.9 Å². The van der Waals surface area contributed by atoms with Crippen molar-refractivity contribution in [2.45, 2.75) is 51.6 Å². The number of aryl methyl sites for hydroxylation is 2. The van der Waals surface area contributed by atoms with Gasteiger partial charge in [-0.2, -0.15) is 0 Å². The number of halogens is 1. The predicted molar refractivity (Wildman–Crippen MR) is 113 cm³/mol. The van der Waals surface area contributed by atoms with E-state index in [4.69, 9.17) is 11.6 Å². The average molecular weight is 431 g/mol. The number of aromatic nitrogens is 5. The summed E-state index contributed by atoms with van der Waals surface area (Å²) in [5.74, 6) is 0.581. The van der Waals surface area contributed by atoms with E-state index in [1.54, 1.807) is 17.2 Å². The molecule has 0 bridgehead atoms. The van der Waals surface area contributed by atoms with Gasteiger partial charge < -0.3 is 9.88 Å². The van der Waals surface area contributed by atoms with Crippen molar-refractivity contribution in [2.24, 2.45) is 0 Å². The van der Waals surface area contributed by atoms with Crippen molar-refractivity contribution in [3.05, 3.63) is 55.7 Å². The number of hydrogen-bond donors (Lipinski definition) is 2. The number of aromatic amines is 2. The number of carbonyl (C=O) groups is 1. The molecular weight excluding hydrogens is 408 g/mol. The number of fused-ring (bicyclic) bond motifs is 1. The lowest BCUT2D eigenvalue weighted by molar-refractivity contribution is -0.130. The Morgan fingerprint density at radius 2 is 2.07 bits per heavy atom. The standard InChI is InChI=1S/C20H23ClN6O3/c1-2-9-27-18-16(19(29)25-20(27)30)23-17(24-18)13(26-10-3-4-15(26)28)7-5-12-6-8-14(21)22-11-12/h6,8,11,13H,2-5,7,9-10H2,1H3,(H,23,24)(H,25,29,30). The van der Waals surface area contributed by atoms with Crippen LogP contribution in [0.5, 0.6) is 0 Å². The summed E-state index contributed by atoms with van der Waals surface area (Å²) in [6.07, 6.45) is 4.99. The molecule has 0 spiro atoms. The van der Waals surface area contributed by atoms with Crippen LogP contribution in [0.1, 0.15) is 50.0 Å². The quantitative estimate of drug-likeness (QED) is 0.557. The van der Waals surface area contributed by atoms with Crippen LogP contribution >= 0.6 is 11.6 Å². The van der Waals surface area contributed by atoms with E-state index >= 15 is 0 Å². The fourth-order valence-electron chi connectivity index (χ4n) is 3.94. The largest absolute Gasteiger partial charge is 0.334 e. The van der Waals surface area contributed by atoms with Gasteiger partial charge in [0, 0.05) is 25.7 Å². The van der Waals surface area contributed by atoms with Crippen LogP contribution in [0.4, 0.5) is 0 Å². The van der Waals surface area contributed by atoms with Gasteiger partial charge in [-0.3, -0.25) is 19.1 Å². The first-order valence-corrected chi connectivity index (χ1v) is 10.5. The Balaban J connectivity index is 1.73. The molecule has 158 valence electrons. The molecule has 0 radical (unpaired) electrons. The van der Waals surface area contributed by atoms with Gasteiger partial charge >= 0.3 is 5.69 Å². The highest BCUT2D eigenvalue weighted by Gasteiger charge is 2.31. The van der Waals surface area contributed by atoms with Gasteiger partial charge in [0.15, 0.2) is 5.65 Å². The van der Waals surface area contributed by atoms with E-state index in [1.807, 2.05) is 13.0 Å². The topological polar surface area (TPSA) is 117 Å². The van der Waals surface area contributed by atoms with Gasteiger partial charge in [-0.05, 0) is 37.3 Å². The first kappa shape index (κ1) is 20.3. The van der Waals surface area contributed by atoms with Gasteiger partial charge in [-0.25, -0.2) is 14.8 Å². The Morgan fingerprint density at radius 1 is 1.23 bits per heavy atom. The number of carbonyl (C=O) groups excluding carboxylic acids is 1. The Morgan fingerprint density at radius 3 is 2.73 bits per heavy atom. The molecule has 30 heavy (non-hydrogen) atoms. The molecule has 1 atom stereocenters. The molecule has 1 fully saturated rings. The molecule has 4 heterocycles. The highest BCUT2D eigenvalue weighted by atomic mass is 35.5. The number of likely N-dealkylation sites (tertiary alicyclic amines) is 1. The minimum absolute atomic E-state index is 0.0644. The second kappa shape index (κ2) is 8.43. The van der Waals surface area contributed by atoms with Crippen molar-refractivity contribution in [3.8, 4) is 0 Å². The van der Waals surface area contributed by atoms with E-state index < -0.39 is 11.2 Å². The lowest BCUT2D eigenvalue weighted by atomic mass is 10.1. The van der Waals surface area contributed by atoms with E-state index in [0.717, 1.165) is 18.4 Å². The summed E-state index contributed by atoms with van der Waals surface area (Å²) in [6.45, 7) is 3.03. The average Bonchev–Trinajstić information content (AvgIpc) is 3.34. The Hall–Kier alpha value is -2.94. The summed E-state index contributed by atoms with van der Waals surface area (Å²) >= 11 is 5.87. The summed E-state index contributed by atoms with van der Waals surface area (Å²) in [5.41, 5.74) is 0.587. The van der Waals surface area contributed by atoms with Gasteiger partial charge in [0.25, 0.3) is 5.56 Å². The van der Waals surface area contributed by atoms with E-state index in [1.165, 1.54) is 4.57 Å². The Kier molecular flexibility index (Phi) is 5.72. The normalized spacial score (nSPS) is 15.3. The molecule has 2 N–H and O–H groups in total. The van der Waals surface area contributed by atoms with E-state index in [0.29, 0.717) is 49.0 Å². The summed E-state index contributed by atoms with van der Waals surface area (Å²) in [7, 11) is 0. The van der Waals surface area contributed by atoms with Crippen molar-refractivity contribution < 1.29 is 4.79 Å². The number of hydrogen-bond acceptors (Lipinski definition) is 5. The zero-order valence-electron chi connectivity index (χ0n) is 16.7. The Bertz CT molecular complexity index is 1180. The maximum atomic E-state index is 12.5. The molecule has 1 unspecified atom stereocenters. The third-order valence-electron chi connectivity index (χ3n) is 5.40. The number of rotatable bonds is 7. The maximum absolute atomic E-state index is 12.5. The van der Waals surface area contributed by atoms with E-state index in [-0.39, 0.29) is 17.5 Å². The fourth-order valence-corrected chi connectivity index (χ4v) is 4.06. The third-order valence-corrected chi connectivity index (χ3v) is 5.62. The summed E-state index contributed by atoms with van der Waals surface area (Å²) in [5, 5.41) is 0.426. The summed E-state index contributed by atoms with van der Waals surface area (Å²) in [4.78, 5) is 53.0. The van der Waals surface area contributed by atoms with Gasteiger partial charge in [-0.1, -0.05) is 24.6 Å². The lowest BCUT2D eigenvalue weighted by Crippen LogP contribution is -2.31. The molecule has 3 aromatic rings. The minimum Gasteiger partial charge on any atom is -0.334 e. The van der Waals surface area contributed by atoms with Crippen molar-refractivity contribution in [2.75, 3.05) is 6.54 Å². The van der Waals surface area contributed by atoms with Crippen molar-refractivity contribution >= 4 is 28.7 Å². The fraction of sp³-hybridized carbons (Fsp3) is 0.450. The molecule has 0 aliphatic carbocycles. The SMILES string of the molecule is CCCn1c(=O)[nH]c(=O)c2[nH]c(C(CCc3ccc(Cl)nc3)N3CCCC3=O)nc21. The van der Waals surface area contributed by atoms with Crippen LogP contribution in [0.3, 0.4) is 0 Å². The molecule has 10 heteroatoms. The molecule has 0 aromatic carbocycles. The predicted octanol–water partition coefficient (Wildman–Crippen LogP) is 2.17. The first-order valence-electron chi connectivity index (χ1n) is 10.1. The molecule has 1 aliphatic heterocycles. The molecule has 3 aromatic heterocycles. The van der Waals surface area contributed by atoms with Gasteiger partial charge in [0.05, 0.1) is 6.04 Å². The van der Waals surface area contributed by atoms with Crippen molar-refractivity contribution in [3.63, 3.8) is 0 Å². The molecular formula is C20H23ClN6O3. The van der Waals surface area contributed by atoms with Crippen LogP contribution in [-0.4, -0.2) is 41.9 Å². The molecule has 1 amide bonds. The first-order chi connectivity index (χ1) is 14.5. The van der Waals surface area contributed by atoms with Gasteiger partial charge in [0.2, 0.25) is 5.91 Å². The molecule has 9 nitrogen and oxygen atoms in total. The number of H-pyrrole nitrogens is 2. The van der Waals surface area contributed by atoms with E-state index in [9.17, 15) is 14.4 Å². The van der Waals surface area contributed by atoms with Crippen LogP contribution < -0.4 is 11.2 Å². The van der Waals surface area contributed by atoms with Gasteiger partial charge in [-0.15, -0.1) is 0 Å². The molecule has 1 aliphatic rings. The van der Waals surface area contributed by atoms with Crippen LogP contribution in [-0.2, 0) is 17.8 Å². The third kappa shape index (κ3) is 3.89. The Labute approximate surface area is 177 Å². The highest BCUT2D eigenvalue weighted by molar-refractivity contribution is 6.29.